The largest absolute Gasteiger partial charge is 0.391 e. The molecule has 0 radical (unpaired) electrons. The highest BCUT2D eigenvalue weighted by Gasteiger charge is 2.37. The van der Waals surface area contributed by atoms with Crippen LogP contribution in [0.5, 0.6) is 0 Å². The fourth-order valence-electron chi connectivity index (χ4n) is 1.75. The zero-order chi connectivity index (χ0) is 11.6. The molecule has 1 aliphatic rings. The van der Waals surface area contributed by atoms with E-state index < -0.39 is 6.10 Å². The summed E-state index contributed by atoms with van der Waals surface area (Å²) in [5.74, 6) is -0.326. The van der Waals surface area contributed by atoms with E-state index in [1.807, 2.05) is 20.8 Å². The topological polar surface area (TPSA) is 57.6 Å². The highest BCUT2D eigenvalue weighted by atomic mass is 16.3. The minimum Gasteiger partial charge on any atom is -0.391 e. The molecule has 0 aliphatic carbocycles. The third kappa shape index (κ3) is 3.02. The number of nitrogens with zero attached hydrogens (tertiary/aromatic N) is 1. The van der Waals surface area contributed by atoms with E-state index in [4.69, 9.17) is 0 Å². The van der Waals surface area contributed by atoms with Crippen molar-refractivity contribution in [1.82, 2.24) is 4.90 Å². The van der Waals surface area contributed by atoms with Crippen LogP contribution >= 0.6 is 0 Å². The molecule has 4 heteroatoms. The first kappa shape index (κ1) is 12.2. The predicted molar refractivity (Wildman–Crippen MR) is 56.0 cm³/mol. The van der Waals surface area contributed by atoms with Gasteiger partial charge in [0.25, 0.3) is 0 Å². The van der Waals surface area contributed by atoms with Gasteiger partial charge >= 0.3 is 0 Å². The van der Waals surface area contributed by atoms with Gasteiger partial charge in [-0.2, -0.15) is 0 Å². The van der Waals surface area contributed by atoms with Gasteiger partial charge in [0, 0.05) is 12.8 Å². The second-order valence-corrected chi connectivity index (χ2v) is 4.98. The summed E-state index contributed by atoms with van der Waals surface area (Å²) in [6, 6.07) is 0. The molecule has 0 aromatic heterocycles. The highest BCUT2D eigenvalue weighted by molar-refractivity contribution is 5.98. The van der Waals surface area contributed by atoms with Crippen LogP contribution in [0.25, 0.3) is 0 Å². The van der Waals surface area contributed by atoms with Gasteiger partial charge in [0.1, 0.15) is 0 Å². The molecule has 1 heterocycles. The molecule has 1 aliphatic heterocycles. The standard InChI is InChI=1S/C11H19NO3/c1-4-8(13)7-12-9(14)5-11(2,3)6-10(12)15/h8,13H,4-7H2,1-3H3. The minimum absolute atomic E-state index is 0.143. The van der Waals surface area contributed by atoms with Crippen molar-refractivity contribution in [2.75, 3.05) is 6.54 Å². The Morgan fingerprint density at radius 2 is 1.80 bits per heavy atom. The smallest absolute Gasteiger partial charge is 0.229 e. The number of aliphatic hydroxyl groups excluding tert-OH is 1. The van der Waals surface area contributed by atoms with Crippen molar-refractivity contribution in [1.29, 1.82) is 0 Å². The van der Waals surface area contributed by atoms with E-state index in [0.29, 0.717) is 19.3 Å². The minimum atomic E-state index is -0.598. The first-order chi connectivity index (χ1) is 6.85. The number of carbonyl (C=O) groups excluding carboxylic acids is 2. The second kappa shape index (κ2) is 4.31. The summed E-state index contributed by atoms with van der Waals surface area (Å²) >= 11 is 0. The van der Waals surface area contributed by atoms with E-state index in [-0.39, 0.29) is 23.8 Å². The van der Waals surface area contributed by atoms with Crippen molar-refractivity contribution < 1.29 is 14.7 Å². The summed E-state index contributed by atoms with van der Waals surface area (Å²) < 4.78 is 0. The third-order valence-corrected chi connectivity index (χ3v) is 2.73. The van der Waals surface area contributed by atoms with E-state index in [1.54, 1.807) is 0 Å². The number of carbonyl (C=O) groups is 2. The first-order valence-corrected chi connectivity index (χ1v) is 5.37. The Morgan fingerprint density at radius 1 is 1.33 bits per heavy atom. The molecule has 86 valence electrons. The molecule has 1 fully saturated rings. The van der Waals surface area contributed by atoms with Crippen molar-refractivity contribution in [3.05, 3.63) is 0 Å². The molecule has 1 N–H and O–H groups in total. The fraction of sp³-hybridized carbons (Fsp3) is 0.818. The Bertz CT molecular complexity index is 253. The van der Waals surface area contributed by atoms with Crippen LogP contribution in [-0.4, -0.2) is 34.5 Å². The molecule has 0 bridgehead atoms. The van der Waals surface area contributed by atoms with Crippen molar-refractivity contribution >= 4 is 11.8 Å². The SMILES string of the molecule is CCC(O)CN1C(=O)CC(C)(C)CC1=O. The highest BCUT2D eigenvalue weighted by Crippen LogP contribution is 2.31. The van der Waals surface area contributed by atoms with Crippen LogP contribution in [0.15, 0.2) is 0 Å². The number of imide groups is 1. The molecule has 4 nitrogen and oxygen atoms in total. The summed E-state index contributed by atoms with van der Waals surface area (Å²) in [6.07, 6.45) is 0.726. The van der Waals surface area contributed by atoms with Crippen molar-refractivity contribution in [3.63, 3.8) is 0 Å². The monoisotopic (exact) mass is 213 g/mol. The van der Waals surface area contributed by atoms with Gasteiger partial charge in [-0.3, -0.25) is 14.5 Å². The maximum atomic E-state index is 11.7. The van der Waals surface area contributed by atoms with Gasteiger partial charge in [-0.25, -0.2) is 0 Å². The van der Waals surface area contributed by atoms with Gasteiger partial charge in [-0.05, 0) is 11.8 Å². The zero-order valence-electron chi connectivity index (χ0n) is 9.62. The van der Waals surface area contributed by atoms with Crippen LogP contribution in [0, 0.1) is 5.41 Å². The normalized spacial score (nSPS) is 23.1. The maximum Gasteiger partial charge on any atom is 0.229 e. The summed E-state index contributed by atoms with van der Waals surface area (Å²) in [6.45, 7) is 5.80. The Hall–Kier alpha value is -0.900. The molecular formula is C11H19NO3. The van der Waals surface area contributed by atoms with Crippen LogP contribution in [0.2, 0.25) is 0 Å². The number of aliphatic hydroxyl groups is 1. The van der Waals surface area contributed by atoms with Crippen molar-refractivity contribution in [2.45, 2.75) is 46.1 Å². The molecule has 0 aromatic carbocycles. The lowest BCUT2D eigenvalue weighted by atomic mass is 9.81. The van der Waals surface area contributed by atoms with Crippen molar-refractivity contribution in [2.24, 2.45) is 5.41 Å². The van der Waals surface area contributed by atoms with Crippen LogP contribution < -0.4 is 0 Å². The molecule has 0 aromatic rings. The lowest BCUT2D eigenvalue weighted by molar-refractivity contribution is -0.154. The van der Waals surface area contributed by atoms with Gasteiger partial charge in [-0.1, -0.05) is 20.8 Å². The van der Waals surface area contributed by atoms with Gasteiger partial charge in [0.05, 0.1) is 12.6 Å². The summed E-state index contributed by atoms with van der Waals surface area (Å²) in [5, 5.41) is 9.43. The number of β-amino-alcohol motifs (C(OH)–C–C–N with tert-alkyl or cyclic N) is 1. The van der Waals surface area contributed by atoms with E-state index in [2.05, 4.69) is 0 Å². The molecule has 1 unspecified atom stereocenters. The number of piperidine rings is 1. The van der Waals surface area contributed by atoms with Crippen LogP contribution in [0.1, 0.15) is 40.0 Å². The molecule has 1 rings (SSSR count). The van der Waals surface area contributed by atoms with Gasteiger partial charge in [-0.15, -0.1) is 0 Å². The third-order valence-electron chi connectivity index (χ3n) is 2.73. The maximum absolute atomic E-state index is 11.7. The van der Waals surface area contributed by atoms with Crippen LogP contribution in [-0.2, 0) is 9.59 Å². The Balaban J connectivity index is 2.67. The average molecular weight is 213 g/mol. The predicted octanol–water partition coefficient (Wildman–Crippen LogP) is 0.932. The van der Waals surface area contributed by atoms with Crippen molar-refractivity contribution in [3.8, 4) is 0 Å². The number of amides is 2. The van der Waals surface area contributed by atoms with Crippen LogP contribution in [0.3, 0.4) is 0 Å². The molecular weight excluding hydrogens is 194 g/mol. The quantitative estimate of drug-likeness (QED) is 0.710. The van der Waals surface area contributed by atoms with Gasteiger partial charge < -0.3 is 5.11 Å². The van der Waals surface area contributed by atoms with E-state index >= 15 is 0 Å². The van der Waals surface area contributed by atoms with Gasteiger partial charge in [0.15, 0.2) is 0 Å². The number of hydrogen-bond donors (Lipinski definition) is 1. The first-order valence-electron chi connectivity index (χ1n) is 5.37. The zero-order valence-corrected chi connectivity index (χ0v) is 9.62. The Labute approximate surface area is 90.3 Å². The fourth-order valence-corrected chi connectivity index (χ4v) is 1.75. The molecule has 15 heavy (non-hydrogen) atoms. The average Bonchev–Trinajstić information content (AvgIpc) is 2.09. The summed E-state index contributed by atoms with van der Waals surface area (Å²) in [5.41, 5.74) is -0.234. The summed E-state index contributed by atoms with van der Waals surface area (Å²) in [7, 11) is 0. The number of rotatable bonds is 3. The van der Waals surface area contributed by atoms with E-state index in [0.717, 1.165) is 0 Å². The summed E-state index contributed by atoms with van der Waals surface area (Å²) in [4.78, 5) is 24.5. The lowest BCUT2D eigenvalue weighted by Gasteiger charge is -2.35. The molecule has 0 spiro atoms. The van der Waals surface area contributed by atoms with Crippen LogP contribution in [0.4, 0.5) is 0 Å². The second-order valence-electron chi connectivity index (χ2n) is 4.98. The lowest BCUT2D eigenvalue weighted by Crippen LogP contribution is -2.48. The van der Waals surface area contributed by atoms with E-state index in [1.165, 1.54) is 4.90 Å². The number of hydrogen-bond acceptors (Lipinski definition) is 3. The van der Waals surface area contributed by atoms with E-state index in [9.17, 15) is 14.7 Å². The molecule has 1 saturated heterocycles. The Kier molecular flexibility index (Phi) is 3.50. The van der Waals surface area contributed by atoms with Gasteiger partial charge in [0.2, 0.25) is 11.8 Å². The molecule has 0 saturated carbocycles. The number of likely N-dealkylation sites (tertiary alicyclic amines) is 1. The Morgan fingerprint density at radius 3 is 2.20 bits per heavy atom. The molecule has 1 atom stereocenters. The molecule has 2 amide bonds.